The molecule has 0 aliphatic carbocycles. The van der Waals surface area contributed by atoms with Crippen molar-refractivity contribution in [2.75, 3.05) is 5.32 Å². The molecule has 4 heteroatoms. The minimum atomic E-state index is -0.0770. The van der Waals surface area contributed by atoms with E-state index in [4.69, 9.17) is 4.74 Å². The van der Waals surface area contributed by atoms with Crippen molar-refractivity contribution in [2.45, 2.75) is 20.5 Å². The Kier molecular flexibility index (Phi) is 4.35. The lowest BCUT2D eigenvalue weighted by Crippen LogP contribution is -2.17. The lowest BCUT2D eigenvalue weighted by atomic mass is 10.0. The molecule has 4 nitrogen and oxygen atoms in total. The molecule has 1 amide bonds. The quantitative estimate of drug-likeness (QED) is 0.850. The summed E-state index contributed by atoms with van der Waals surface area (Å²) in [7, 11) is 0. The highest BCUT2D eigenvalue weighted by molar-refractivity contribution is 6.02. The van der Waals surface area contributed by atoms with Crippen LogP contribution in [-0.2, 0) is 20.9 Å². The van der Waals surface area contributed by atoms with Crippen molar-refractivity contribution >= 4 is 28.8 Å². The normalized spacial score (nSPS) is 10.6. The van der Waals surface area contributed by atoms with Crippen molar-refractivity contribution in [2.24, 2.45) is 5.92 Å². The van der Waals surface area contributed by atoms with Crippen LogP contribution in [0.2, 0.25) is 0 Å². The van der Waals surface area contributed by atoms with Crippen LogP contribution >= 0.6 is 0 Å². The van der Waals surface area contributed by atoms with Gasteiger partial charge in [-0.25, -0.2) is 0 Å². The van der Waals surface area contributed by atoms with E-state index in [-0.39, 0.29) is 18.4 Å². The summed E-state index contributed by atoms with van der Waals surface area (Å²) in [4.78, 5) is 22.1. The van der Waals surface area contributed by atoms with Crippen LogP contribution < -0.4 is 5.32 Å². The molecule has 2 rings (SSSR count). The summed E-state index contributed by atoms with van der Waals surface area (Å²) in [5.74, 6) is -0.0983. The molecule has 2 aromatic rings. The Morgan fingerprint density at radius 2 is 2.10 bits per heavy atom. The number of carbonyl (C=O) groups is 2. The Bertz CT molecular complexity index is 635. The third-order valence-electron chi connectivity index (χ3n) is 3.05. The Morgan fingerprint density at radius 1 is 1.30 bits per heavy atom. The number of rotatable bonds is 5. The number of amides is 1. The topological polar surface area (TPSA) is 55.4 Å². The third-order valence-corrected chi connectivity index (χ3v) is 3.05. The highest BCUT2D eigenvalue weighted by Crippen LogP contribution is 2.25. The van der Waals surface area contributed by atoms with Gasteiger partial charge in [0, 0.05) is 17.0 Å². The zero-order valence-corrected chi connectivity index (χ0v) is 11.6. The van der Waals surface area contributed by atoms with Crippen LogP contribution in [0.1, 0.15) is 19.4 Å². The van der Waals surface area contributed by atoms with Gasteiger partial charge in [-0.05, 0) is 23.1 Å². The second kappa shape index (κ2) is 6.19. The summed E-state index contributed by atoms with van der Waals surface area (Å²) in [5.41, 5.74) is 1.66. The molecular weight excluding hydrogens is 254 g/mol. The van der Waals surface area contributed by atoms with E-state index < -0.39 is 0 Å². The van der Waals surface area contributed by atoms with Crippen LogP contribution in [0.25, 0.3) is 10.8 Å². The van der Waals surface area contributed by atoms with Crippen LogP contribution in [0.15, 0.2) is 36.4 Å². The number of hydrogen-bond donors (Lipinski definition) is 1. The predicted molar refractivity (Wildman–Crippen MR) is 78.3 cm³/mol. The van der Waals surface area contributed by atoms with Crippen molar-refractivity contribution in [3.63, 3.8) is 0 Å². The molecule has 0 spiro atoms. The molecule has 0 atom stereocenters. The van der Waals surface area contributed by atoms with Crippen molar-refractivity contribution in [1.29, 1.82) is 0 Å². The number of nitrogens with one attached hydrogen (secondary N) is 1. The van der Waals surface area contributed by atoms with Crippen molar-refractivity contribution < 1.29 is 14.3 Å². The second-order valence-corrected chi connectivity index (χ2v) is 4.91. The van der Waals surface area contributed by atoms with Gasteiger partial charge < -0.3 is 10.1 Å². The molecular formula is C16H17NO3. The van der Waals surface area contributed by atoms with E-state index >= 15 is 0 Å². The molecule has 104 valence electrons. The predicted octanol–water partition coefficient (Wildman–Crippen LogP) is 3.11. The molecule has 2 aromatic carbocycles. The van der Waals surface area contributed by atoms with Gasteiger partial charge in [0.1, 0.15) is 6.61 Å². The molecule has 0 saturated heterocycles. The summed E-state index contributed by atoms with van der Waals surface area (Å²) in [5, 5.41) is 4.89. The van der Waals surface area contributed by atoms with E-state index in [0.717, 1.165) is 22.0 Å². The standard InChI is InChI=1S/C16H17NO3/c1-11(2)16(19)17-15-5-3-4-13-7-6-12(8-14(13)15)9-20-10-18/h3-8,10-11H,9H2,1-2H3,(H,17,19). The molecule has 0 aliphatic rings. The van der Waals surface area contributed by atoms with Crippen molar-refractivity contribution in [3.8, 4) is 0 Å². The van der Waals surface area contributed by atoms with Gasteiger partial charge in [0.2, 0.25) is 5.91 Å². The average Bonchev–Trinajstić information content (AvgIpc) is 2.45. The largest absolute Gasteiger partial charge is 0.463 e. The number of ether oxygens (including phenoxy) is 1. The zero-order valence-electron chi connectivity index (χ0n) is 11.6. The Labute approximate surface area is 117 Å². The lowest BCUT2D eigenvalue weighted by molar-refractivity contribution is -0.129. The maximum absolute atomic E-state index is 11.8. The number of anilines is 1. The van der Waals surface area contributed by atoms with Gasteiger partial charge in [-0.3, -0.25) is 9.59 Å². The van der Waals surface area contributed by atoms with E-state index in [1.165, 1.54) is 0 Å². The Morgan fingerprint density at radius 3 is 2.80 bits per heavy atom. The summed E-state index contributed by atoms with van der Waals surface area (Å²) < 4.78 is 4.76. The first-order valence-electron chi connectivity index (χ1n) is 6.49. The van der Waals surface area contributed by atoms with Crippen LogP contribution in [-0.4, -0.2) is 12.4 Å². The third kappa shape index (κ3) is 3.15. The molecule has 0 unspecified atom stereocenters. The average molecular weight is 271 g/mol. The fourth-order valence-electron chi connectivity index (χ4n) is 1.93. The van der Waals surface area contributed by atoms with Crippen molar-refractivity contribution in [3.05, 3.63) is 42.0 Å². The fraction of sp³-hybridized carbons (Fsp3) is 0.250. The smallest absolute Gasteiger partial charge is 0.293 e. The number of benzene rings is 2. The van der Waals surface area contributed by atoms with E-state index in [0.29, 0.717) is 6.47 Å². The summed E-state index contributed by atoms with van der Waals surface area (Å²) in [6, 6.07) is 11.5. The molecule has 0 saturated carbocycles. The van der Waals surface area contributed by atoms with Gasteiger partial charge in [0.15, 0.2) is 0 Å². The monoisotopic (exact) mass is 271 g/mol. The number of hydrogen-bond acceptors (Lipinski definition) is 3. The second-order valence-electron chi connectivity index (χ2n) is 4.91. The highest BCUT2D eigenvalue weighted by atomic mass is 16.5. The SMILES string of the molecule is CC(C)C(=O)Nc1cccc2ccc(COC=O)cc12. The minimum absolute atomic E-state index is 0.0213. The highest BCUT2D eigenvalue weighted by Gasteiger charge is 2.09. The van der Waals surface area contributed by atoms with E-state index in [1.54, 1.807) is 0 Å². The van der Waals surface area contributed by atoms with Crippen LogP contribution in [0.4, 0.5) is 5.69 Å². The van der Waals surface area contributed by atoms with E-state index in [9.17, 15) is 9.59 Å². The first-order chi connectivity index (χ1) is 9.61. The minimum Gasteiger partial charge on any atom is -0.463 e. The summed E-state index contributed by atoms with van der Waals surface area (Å²) >= 11 is 0. The van der Waals surface area contributed by atoms with Crippen LogP contribution in [0, 0.1) is 5.92 Å². The number of carbonyl (C=O) groups excluding carboxylic acids is 2. The molecule has 20 heavy (non-hydrogen) atoms. The molecule has 0 radical (unpaired) electrons. The molecule has 0 aliphatic heterocycles. The Hall–Kier alpha value is -2.36. The van der Waals surface area contributed by atoms with Gasteiger partial charge >= 0.3 is 0 Å². The van der Waals surface area contributed by atoms with Crippen LogP contribution in [0.5, 0.6) is 0 Å². The summed E-state index contributed by atoms with van der Waals surface area (Å²) in [6.45, 7) is 4.36. The van der Waals surface area contributed by atoms with E-state index in [2.05, 4.69) is 5.32 Å². The molecule has 0 fully saturated rings. The molecule has 0 aromatic heterocycles. The molecule has 0 heterocycles. The lowest BCUT2D eigenvalue weighted by Gasteiger charge is -2.11. The van der Waals surface area contributed by atoms with Gasteiger partial charge in [0.05, 0.1) is 0 Å². The van der Waals surface area contributed by atoms with Gasteiger partial charge in [-0.2, -0.15) is 0 Å². The van der Waals surface area contributed by atoms with Crippen molar-refractivity contribution in [1.82, 2.24) is 0 Å². The maximum Gasteiger partial charge on any atom is 0.293 e. The van der Waals surface area contributed by atoms with Gasteiger partial charge in [-0.15, -0.1) is 0 Å². The first-order valence-corrected chi connectivity index (χ1v) is 6.49. The first kappa shape index (κ1) is 14.1. The van der Waals surface area contributed by atoms with Crippen LogP contribution in [0.3, 0.4) is 0 Å². The van der Waals surface area contributed by atoms with E-state index in [1.807, 2.05) is 50.2 Å². The molecule has 0 bridgehead atoms. The maximum atomic E-state index is 11.8. The molecule has 1 N–H and O–H groups in total. The van der Waals surface area contributed by atoms with Gasteiger partial charge in [0.25, 0.3) is 6.47 Å². The number of fused-ring (bicyclic) bond motifs is 1. The fourth-order valence-corrected chi connectivity index (χ4v) is 1.93. The summed E-state index contributed by atoms with van der Waals surface area (Å²) in [6.07, 6.45) is 0. The zero-order chi connectivity index (χ0) is 14.5. The Balaban J connectivity index is 2.38. The van der Waals surface area contributed by atoms with Gasteiger partial charge in [-0.1, -0.05) is 38.1 Å².